The lowest BCUT2D eigenvalue weighted by Crippen LogP contribution is -2.60. The topological polar surface area (TPSA) is 142 Å². The maximum Gasteiger partial charge on any atom is 0.227 e. The van der Waals surface area contributed by atoms with Crippen molar-refractivity contribution in [2.45, 2.75) is 129 Å². The van der Waals surface area contributed by atoms with E-state index in [1.807, 2.05) is 54.4 Å². The Morgan fingerprint density at radius 2 is 1.71 bits per heavy atom. The Morgan fingerprint density at radius 1 is 1.02 bits per heavy atom. The minimum atomic E-state index is -0.550. The number of hydrogen-bond acceptors (Lipinski definition) is 10. The van der Waals surface area contributed by atoms with E-state index in [1.165, 1.54) is 11.3 Å². The van der Waals surface area contributed by atoms with E-state index in [0.717, 1.165) is 49.3 Å². The van der Waals surface area contributed by atoms with Crippen LogP contribution in [0.25, 0.3) is 0 Å². The highest BCUT2D eigenvalue weighted by Gasteiger charge is 2.44. The number of aromatic nitrogens is 1. The summed E-state index contributed by atoms with van der Waals surface area (Å²) < 4.78 is 12.2. The lowest BCUT2D eigenvalue weighted by molar-refractivity contribution is -0.149. The van der Waals surface area contributed by atoms with E-state index in [-0.39, 0.29) is 72.1 Å². The minimum absolute atomic E-state index is 0.00262. The van der Waals surface area contributed by atoms with Crippen LogP contribution >= 0.6 is 11.3 Å². The molecule has 4 N–H and O–H groups in total. The van der Waals surface area contributed by atoms with Crippen molar-refractivity contribution in [2.75, 3.05) is 55.0 Å². The number of rotatable bonds is 25. The Balaban J connectivity index is 1.81. The lowest BCUT2D eigenvalue weighted by atomic mass is 9.79. The molecule has 0 bridgehead atoms. The fourth-order valence-electron chi connectivity index (χ4n) is 9.31. The second kappa shape index (κ2) is 24.3. The van der Waals surface area contributed by atoms with Crippen LogP contribution in [0.15, 0.2) is 41.9 Å². The highest BCUT2D eigenvalue weighted by molar-refractivity contribution is 7.09. The number of methoxy groups -OCH3 is 2. The SMILES string of the molecule is CC[C@H](C)[C@@H]([C@@H](CC(=O)N1CCC[C@H]1[C@H](OC)[C@@H](C)C(=O)N[C@@H](Cc1ccccc1)c1nccs1)OC)N(C)C(=O)[C@@H](C(C)C)C(N)[C@H](C(C)C)N(C)CCCNC. The molecule has 1 aromatic heterocycles. The van der Waals surface area contributed by atoms with Crippen molar-refractivity contribution in [2.24, 2.45) is 35.3 Å². The lowest BCUT2D eigenvalue weighted by Gasteiger charge is -2.44. The van der Waals surface area contributed by atoms with Gasteiger partial charge in [0.2, 0.25) is 17.7 Å². The summed E-state index contributed by atoms with van der Waals surface area (Å²) in [6, 6.07) is 8.76. The zero-order chi connectivity index (χ0) is 43.1. The number of nitrogens with zero attached hydrogens (tertiary/aromatic N) is 4. The Hall–Kier alpha value is -2.94. The highest BCUT2D eigenvalue weighted by Crippen LogP contribution is 2.32. The van der Waals surface area contributed by atoms with Gasteiger partial charge in [-0.3, -0.25) is 14.4 Å². The molecule has 10 atom stereocenters. The van der Waals surface area contributed by atoms with Gasteiger partial charge in [-0.2, -0.15) is 0 Å². The fourth-order valence-corrected chi connectivity index (χ4v) is 10.00. The molecule has 3 rings (SSSR count). The van der Waals surface area contributed by atoms with Gasteiger partial charge in [0.05, 0.1) is 48.6 Å². The standard InChI is InChI=1S/C45H77N7O5S/c1-13-31(6)41(51(10)45(55)38(29(2)3)39(46)40(30(4)5)50(9)24-18-22-47-8)36(56-11)28-37(53)52-25-17-21-35(52)42(57-12)32(7)43(54)49-34(44-48-23-26-58-44)27-33-19-15-14-16-20-33/h14-16,19-20,23,26,29-32,34-36,38-42,47H,13,17-18,21-22,24-25,27-28,46H2,1-12H3,(H,49,54)/t31-,32+,34-,35-,36+,38-,39?,40-,41-,42+/m0/s1. The van der Waals surface area contributed by atoms with Crippen molar-refractivity contribution in [3.8, 4) is 0 Å². The third-order valence-corrected chi connectivity index (χ3v) is 13.4. The van der Waals surface area contributed by atoms with Gasteiger partial charge in [-0.25, -0.2) is 4.98 Å². The number of benzene rings is 1. The van der Waals surface area contributed by atoms with E-state index in [2.05, 4.69) is 81.2 Å². The summed E-state index contributed by atoms with van der Waals surface area (Å²) in [6.45, 7) is 17.0. The number of carbonyl (C=O) groups is 3. The van der Waals surface area contributed by atoms with Gasteiger partial charge in [0, 0.05) is 51.5 Å². The molecule has 1 aliphatic heterocycles. The summed E-state index contributed by atoms with van der Waals surface area (Å²) in [4.78, 5) is 53.7. The zero-order valence-electron chi connectivity index (χ0n) is 37.6. The minimum Gasteiger partial charge on any atom is -0.379 e. The zero-order valence-corrected chi connectivity index (χ0v) is 38.5. The number of amides is 3. The first-order valence-corrected chi connectivity index (χ1v) is 22.5. The summed E-state index contributed by atoms with van der Waals surface area (Å²) in [5.74, 6) is -0.890. The highest BCUT2D eigenvalue weighted by atomic mass is 32.1. The number of hydrogen-bond donors (Lipinski definition) is 3. The molecule has 2 heterocycles. The van der Waals surface area contributed by atoms with Gasteiger partial charge < -0.3 is 40.5 Å². The van der Waals surface area contributed by atoms with Gasteiger partial charge >= 0.3 is 0 Å². The molecule has 1 saturated heterocycles. The molecule has 1 fully saturated rings. The van der Waals surface area contributed by atoms with Crippen LogP contribution < -0.4 is 16.4 Å². The van der Waals surface area contributed by atoms with E-state index < -0.39 is 24.0 Å². The van der Waals surface area contributed by atoms with Crippen molar-refractivity contribution in [3.05, 3.63) is 52.5 Å². The van der Waals surface area contributed by atoms with Crippen molar-refractivity contribution >= 4 is 29.1 Å². The summed E-state index contributed by atoms with van der Waals surface area (Å²) in [5, 5.41) is 9.25. The average Bonchev–Trinajstić information content (AvgIpc) is 3.91. The smallest absolute Gasteiger partial charge is 0.227 e. The predicted octanol–water partition coefficient (Wildman–Crippen LogP) is 5.63. The van der Waals surface area contributed by atoms with Crippen LogP contribution in [0.1, 0.15) is 97.2 Å². The molecule has 12 nitrogen and oxygen atoms in total. The van der Waals surface area contributed by atoms with Gasteiger partial charge in [0.1, 0.15) is 5.01 Å². The number of nitrogens with one attached hydrogen (secondary N) is 2. The van der Waals surface area contributed by atoms with Gasteiger partial charge in [-0.05, 0) is 76.2 Å². The van der Waals surface area contributed by atoms with E-state index >= 15 is 0 Å². The Labute approximate surface area is 354 Å². The number of likely N-dealkylation sites (tertiary alicyclic amines) is 1. The van der Waals surface area contributed by atoms with Crippen molar-refractivity contribution in [1.82, 2.24) is 30.3 Å². The summed E-state index contributed by atoms with van der Waals surface area (Å²) in [6.07, 6.45) is 4.71. The third kappa shape index (κ3) is 13.0. The molecular formula is C45H77N7O5S. The summed E-state index contributed by atoms with van der Waals surface area (Å²) in [7, 11) is 9.18. The van der Waals surface area contributed by atoms with Crippen LogP contribution in [0.2, 0.25) is 0 Å². The molecule has 1 aliphatic rings. The first-order chi connectivity index (χ1) is 27.6. The molecule has 0 radical (unpaired) electrons. The number of nitrogens with two attached hydrogens (primary N) is 1. The maximum absolute atomic E-state index is 14.7. The number of carbonyl (C=O) groups excluding carboxylic acids is 3. The molecule has 13 heteroatoms. The first kappa shape index (κ1) is 49.4. The van der Waals surface area contributed by atoms with E-state index in [9.17, 15) is 14.4 Å². The molecule has 0 spiro atoms. The molecule has 1 aromatic carbocycles. The fraction of sp³-hybridized carbons (Fsp3) is 0.733. The second-order valence-electron chi connectivity index (χ2n) is 17.2. The monoisotopic (exact) mass is 828 g/mol. The molecule has 0 aliphatic carbocycles. The molecule has 58 heavy (non-hydrogen) atoms. The quantitative estimate of drug-likeness (QED) is 0.109. The summed E-state index contributed by atoms with van der Waals surface area (Å²) in [5.41, 5.74) is 8.24. The number of thiazole rings is 1. The van der Waals surface area contributed by atoms with E-state index in [4.69, 9.17) is 15.2 Å². The molecular weight excluding hydrogens is 751 g/mol. The predicted molar refractivity (Wildman–Crippen MR) is 235 cm³/mol. The number of ether oxygens (including phenoxy) is 2. The molecule has 2 aromatic rings. The van der Waals surface area contributed by atoms with Crippen LogP contribution in [-0.4, -0.2) is 129 Å². The van der Waals surface area contributed by atoms with E-state index in [0.29, 0.717) is 13.0 Å². The molecule has 328 valence electrons. The second-order valence-corrected chi connectivity index (χ2v) is 18.2. The van der Waals surface area contributed by atoms with Gasteiger partial charge in [-0.15, -0.1) is 11.3 Å². The maximum atomic E-state index is 14.7. The van der Waals surface area contributed by atoms with Crippen molar-refractivity contribution in [3.63, 3.8) is 0 Å². The third-order valence-electron chi connectivity index (χ3n) is 12.5. The Kier molecular flexibility index (Phi) is 20.7. The van der Waals surface area contributed by atoms with Gasteiger partial charge in [0.15, 0.2) is 0 Å². The normalized spacial score (nSPS) is 19.4. The Morgan fingerprint density at radius 3 is 2.26 bits per heavy atom. The Bertz CT molecular complexity index is 1500. The van der Waals surface area contributed by atoms with Crippen LogP contribution in [0.4, 0.5) is 0 Å². The molecule has 3 amide bonds. The van der Waals surface area contributed by atoms with Crippen molar-refractivity contribution in [1.29, 1.82) is 0 Å². The van der Waals surface area contributed by atoms with Crippen LogP contribution in [0.3, 0.4) is 0 Å². The van der Waals surface area contributed by atoms with Gasteiger partial charge in [-0.1, -0.05) is 85.2 Å². The van der Waals surface area contributed by atoms with Gasteiger partial charge in [0.25, 0.3) is 0 Å². The molecule has 0 saturated carbocycles. The largest absolute Gasteiger partial charge is 0.379 e. The average molecular weight is 828 g/mol. The summed E-state index contributed by atoms with van der Waals surface area (Å²) >= 11 is 1.52. The number of likely N-dealkylation sites (N-methyl/N-ethyl adjacent to an activating group) is 2. The van der Waals surface area contributed by atoms with E-state index in [1.54, 1.807) is 20.4 Å². The van der Waals surface area contributed by atoms with Crippen LogP contribution in [-0.2, 0) is 30.3 Å². The van der Waals surface area contributed by atoms with Crippen molar-refractivity contribution < 1.29 is 23.9 Å². The molecule has 1 unspecified atom stereocenters. The first-order valence-electron chi connectivity index (χ1n) is 21.6. The van der Waals surface area contributed by atoms with Crippen LogP contribution in [0.5, 0.6) is 0 Å². The van der Waals surface area contributed by atoms with Crippen LogP contribution in [0, 0.1) is 29.6 Å².